The maximum absolute atomic E-state index is 12.5. The van der Waals surface area contributed by atoms with Crippen LogP contribution in [0.2, 0.25) is 0 Å². The predicted octanol–water partition coefficient (Wildman–Crippen LogP) is 4.16. The molecule has 17 heavy (non-hydrogen) atoms. The van der Waals surface area contributed by atoms with Crippen LogP contribution in [0, 0.1) is 13.8 Å². The number of benzene rings is 1. The molecule has 1 nitrogen and oxygen atoms in total. The Bertz CT molecular complexity index is 552. The van der Waals surface area contributed by atoms with Gasteiger partial charge in [-0.2, -0.15) is 0 Å². The maximum Gasteiger partial charge on any atom is 0.203 e. The summed E-state index contributed by atoms with van der Waals surface area (Å²) in [5, 5.41) is 0. The molecule has 1 aromatic heterocycles. The number of carbonyl (C=O) groups is 1. The molecular formula is C15H16OS. The van der Waals surface area contributed by atoms with Gasteiger partial charge in [0, 0.05) is 10.4 Å². The number of thiophene rings is 1. The monoisotopic (exact) mass is 244 g/mol. The van der Waals surface area contributed by atoms with Crippen molar-refractivity contribution in [2.24, 2.45) is 0 Å². The quantitative estimate of drug-likeness (QED) is 0.741. The third-order valence-electron chi connectivity index (χ3n) is 2.89. The van der Waals surface area contributed by atoms with E-state index in [9.17, 15) is 4.79 Å². The Hall–Kier alpha value is -1.41. The summed E-state index contributed by atoms with van der Waals surface area (Å²) in [7, 11) is 0. The first-order chi connectivity index (χ1) is 8.13. The summed E-state index contributed by atoms with van der Waals surface area (Å²) >= 11 is 1.59. The predicted molar refractivity (Wildman–Crippen MR) is 73.0 cm³/mol. The second-order valence-corrected chi connectivity index (χ2v) is 5.47. The second-order valence-electron chi connectivity index (χ2n) is 4.21. The first kappa shape index (κ1) is 12.1. The van der Waals surface area contributed by atoms with Crippen LogP contribution in [-0.2, 0) is 6.42 Å². The smallest absolute Gasteiger partial charge is 0.203 e. The molecule has 88 valence electrons. The molecule has 0 radical (unpaired) electrons. The third-order valence-corrected chi connectivity index (χ3v) is 4.04. The summed E-state index contributed by atoms with van der Waals surface area (Å²) in [4.78, 5) is 14.5. The van der Waals surface area contributed by atoms with Gasteiger partial charge in [-0.25, -0.2) is 0 Å². The Balaban J connectivity index is 2.47. The summed E-state index contributed by atoms with van der Waals surface area (Å²) in [6.07, 6.45) is 0.894. The van der Waals surface area contributed by atoms with E-state index >= 15 is 0 Å². The third kappa shape index (κ3) is 2.32. The van der Waals surface area contributed by atoms with Crippen molar-refractivity contribution in [3.8, 4) is 0 Å². The van der Waals surface area contributed by atoms with E-state index in [1.165, 1.54) is 4.88 Å². The van der Waals surface area contributed by atoms with Crippen molar-refractivity contribution >= 4 is 17.1 Å². The summed E-state index contributed by atoms with van der Waals surface area (Å²) in [6.45, 7) is 6.13. The van der Waals surface area contributed by atoms with E-state index in [1.54, 1.807) is 11.3 Å². The average Bonchev–Trinajstić information content (AvgIpc) is 2.67. The molecule has 0 saturated carbocycles. The Morgan fingerprint density at radius 3 is 2.53 bits per heavy atom. The fraction of sp³-hybridized carbons (Fsp3) is 0.267. The summed E-state index contributed by atoms with van der Waals surface area (Å²) in [6, 6.07) is 9.95. The van der Waals surface area contributed by atoms with Crippen LogP contribution >= 0.6 is 11.3 Å². The van der Waals surface area contributed by atoms with Crippen LogP contribution in [0.1, 0.15) is 38.2 Å². The lowest BCUT2D eigenvalue weighted by Crippen LogP contribution is -2.04. The van der Waals surface area contributed by atoms with Gasteiger partial charge < -0.3 is 0 Å². The van der Waals surface area contributed by atoms with Gasteiger partial charge in [-0.1, -0.05) is 31.2 Å². The minimum absolute atomic E-state index is 0.165. The zero-order valence-electron chi connectivity index (χ0n) is 10.4. The van der Waals surface area contributed by atoms with E-state index in [0.29, 0.717) is 0 Å². The van der Waals surface area contributed by atoms with Gasteiger partial charge in [-0.05, 0) is 37.5 Å². The molecule has 0 aliphatic heterocycles. The number of hydrogen-bond acceptors (Lipinski definition) is 2. The molecule has 0 unspecified atom stereocenters. The van der Waals surface area contributed by atoms with Gasteiger partial charge in [0.05, 0.1) is 4.88 Å². The van der Waals surface area contributed by atoms with E-state index in [1.807, 2.05) is 38.1 Å². The van der Waals surface area contributed by atoms with Gasteiger partial charge in [0.15, 0.2) is 0 Å². The molecule has 0 amide bonds. The number of carbonyl (C=O) groups excluding carboxylic acids is 1. The van der Waals surface area contributed by atoms with Crippen molar-refractivity contribution < 1.29 is 4.79 Å². The normalized spacial score (nSPS) is 10.5. The first-order valence-electron chi connectivity index (χ1n) is 5.83. The number of hydrogen-bond donors (Lipinski definition) is 0. The van der Waals surface area contributed by atoms with E-state index in [-0.39, 0.29) is 5.78 Å². The van der Waals surface area contributed by atoms with Gasteiger partial charge in [0.2, 0.25) is 5.78 Å². The highest BCUT2D eigenvalue weighted by Crippen LogP contribution is 2.25. The lowest BCUT2D eigenvalue weighted by molar-refractivity contribution is 0.104. The van der Waals surface area contributed by atoms with Crippen molar-refractivity contribution in [3.05, 3.63) is 56.8 Å². The maximum atomic E-state index is 12.5. The molecule has 0 spiro atoms. The Labute approximate surface area is 106 Å². The van der Waals surface area contributed by atoms with Crippen LogP contribution in [0.4, 0.5) is 0 Å². The SMILES string of the molecule is CCc1ccccc1C(=O)c1sc(C)cc1C. The highest BCUT2D eigenvalue weighted by atomic mass is 32.1. The van der Waals surface area contributed by atoms with Crippen LogP contribution in [-0.4, -0.2) is 5.78 Å². The molecule has 1 aromatic carbocycles. The molecule has 0 fully saturated rings. The lowest BCUT2D eigenvalue weighted by atomic mass is 10.00. The number of aryl methyl sites for hydroxylation is 3. The molecule has 2 aromatic rings. The topological polar surface area (TPSA) is 17.1 Å². The lowest BCUT2D eigenvalue weighted by Gasteiger charge is -2.05. The summed E-state index contributed by atoms with van der Waals surface area (Å²) < 4.78 is 0. The van der Waals surface area contributed by atoms with Crippen LogP contribution < -0.4 is 0 Å². The highest BCUT2D eigenvalue weighted by molar-refractivity contribution is 7.14. The van der Waals surface area contributed by atoms with Gasteiger partial charge in [0.1, 0.15) is 0 Å². The van der Waals surface area contributed by atoms with Gasteiger partial charge in [-0.15, -0.1) is 11.3 Å². The fourth-order valence-electron chi connectivity index (χ4n) is 2.04. The van der Waals surface area contributed by atoms with Crippen molar-refractivity contribution in [2.75, 3.05) is 0 Å². The molecular weight excluding hydrogens is 228 g/mol. The van der Waals surface area contributed by atoms with E-state index in [4.69, 9.17) is 0 Å². The highest BCUT2D eigenvalue weighted by Gasteiger charge is 2.16. The van der Waals surface area contributed by atoms with Crippen molar-refractivity contribution in [1.29, 1.82) is 0 Å². The first-order valence-corrected chi connectivity index (χ1v) is 6.64. The Kier molecular flexibility index (Phi) is 3.43. The minimum Gasteiger partial charge on any atom is -0.288 e. The van der Waals surface area contributed by atoms with E-state index in [0.717, 1.165) is 28.0 Å². The van der Waals surface area contributed by atoms with Gasteiger partial charge >= 0.3 is 0 Å². The molecule has 1 heterocycles. The van der Waals surface area contributed by atoms with E-state index < -0.39 is 0 Å². The molecule has 2 heteroatoms. The molecule has 2 rings (SSSR count). The summed E-state index contributed by atoms with van der Waals surface area (Å²) in [5.41, 5.74) is 3.06. The molecule has 0 aliphatic rings. The van der Waals surface area contributed by atoms with E-state index in [2.05, 4.69) is 13.0 Å². The van der Waals surface area contributed by atoms with Crippen LogP contribution in [0.25, 0.3) is 0 Å². The number of rotatable bonds is 3. The minimum atomic E-state index is 0.165. The van der Waals surface area contributed by atoms with Crippen molar-refractivity contribution in [2.45, 2.75) is 27.2 Å². The molecule has 0 atom stereocenters. The Morgan fingerprint density at radius 2 is 1.94 bits per heavy atom. The molecule has 0 saturated heterocycles. The summed E-state index contributed by atoms with van der Waals surface area (Å²) in [5.74, 6) is 0.165. The van der Waals surface area contributed by atoms with Gasteiger partial charge in [-0.3, -0.25) is 4.79 Å². The second kappa shape index (κ2) is 4.84. The van der Waals surface area contributed by atoms with Crippen LogP contribution in [0.3, 0.4) is 0 Å². The van der Waals surface area contributed by atoms with Gasteiger partial charge in [0.25, 0.3) is 0 Å². The zero-order valence-corrected chi connectivity index (χ0v) is 11.2. The van der Waals surface area contributed by atoms with Crippen molar-refractivity contribution in [1.82, 2.24) is 0 Å². The standard InChI is InChI=1S/C15H16OS/c1-4-12-7-5-6-8-13(12)14(16)15-10(2)9-11(3)17-15/h5-9H,4H2,1-3H3. The Morgan fingerprint density at radius 1 is 1.24 bits per heavy atom. The largest absolute Gasteiger partial charge is 0.288 e. The van der Waals surface area contributed by atoms with Crippen molar-refractivity contribution in [3.63, 3.8) is 0 Å². The van der Waals surface area contributed by atoms with Crippen LogP contribution in [0.5, 0.6) is 0 Å². The molecule has 0 N–H and O–H groups in total. The number of ketones is 1. The zero-order chi connectivity index (χ0) is 12.4. The average molecular weight is 244 g/mol. The molecule has 0 bridgehead atoms. The molecule has 0 aliphatic carbocycles. The van der Waals surface area contributed by atoms with Crippen LogP contribution in [0.15, 0.2) is 30.3 Å². The fourth-order valence-corrected chi connectivity index (χ4v) is 3.02.